The van der Waals surface area contributed by atoms with Gasteiger partial charge in [0.25, 0.3) is 11.1 Å². The van der Waals surface area contributed by atoms with Crippen molar-refractivity contribution in [1.29, 1.82) is 0 Å². The van der Waals surface area contributed by atoms with Gasteiger partial charge in [-0.15, -0.1) is 0 Å². The number of pyridine rings is 1. The number of nitrogens with one attached hydrogen (secondary N) is 1. The molecule has 0 aliphatic heterocycles. The molecule has 9 heteroatoms. The highest BCUT2D eigenvalue weighted by molar-refractivity contribution is 9.10. The summed E-state index contributed by atoms with van der Waals surface area (Å²) in [5.74, 6) is -0.530. The van der Waals surface area contributed by atoms with Crippen LogP contribution in [0.5, 0.6) is 0 Å². The Kier molecular flexibility index (Phi) is 5.19. The van der Waals surface area contributed by atoms with Crippen LogP contribution >= 0.6 is 15.9 Å². The molecule has 7 nitrogen and oxygen atoms in total. The molecule has 0 radical (unpaired) electrons. The average molecular weight is 423 g/mol. The van der Waals surface area contributed by atoms with E-state index in [1.54, 1.807) is 6.07 Å². The van der Waals surface area contributed by atoms with Gasteiger partial charge in [-0.1, -0.05) is 15.9 Å². The zero-order valence-corrected chi connectivity index (χ0v) is 15.5. The predicted molar refractivity (Wildman–Crippen MR) is 100 cm³/mol. The molecule has 136 valence electrons. The number of fused-ring (bicyclic) bond motifs is 1. The molecule has 0 aliphatic rings. The van der Waals surface area contributed by atoms with Crippen molar-refractivity contribution < 1.29 is 9.50 Å². The molecule has 3 aromatic rings. The number of rotatable bonds is 5. The molecule has 0 saturated heterocycles. The molecule has 0 atom stereocenters. The third-order valence-corrected chi connectivity index (χ3v) is 4.45. The molecule has 2 aromatic heterocycles. The van der Waals surface area contributed by atoms with Gasteiger partial charge in [-0.05, 0) is 24.6 Å². The molecular formula is C17H16BrFN4O3. The van der Waals surface area contributed by atoms with Crippen LogP contribution in [0.2, 0.25) is 0 Å². The van der Waals surface area contributed by atoms with Gasteiger partial charge < -0.3 is 10.4 Å². The zero-order chi connectivity index (χ0) is 18.8. The van der Waals surface area contributed by atoms with Gasteiger partial charge in [-0.3, -0.25) is 18.7 Å². The second-order valence-electron chi connectivity index (χ2n) is 5.72. The van der Waals surface area contributed by atoms with Crippen molar-refractivity contribution in [2.24, 2.45) is 7.05 Å². The Hall–Kier alpha value is -2.52. The lowest BCUT2D eigenvalue weighted by Crippen LogP contribution is -2.26. The molecule has 0 saturated carbocycles. The summed E-state index contributed by atoms with van der Waals surface area (Å²) in [5.41, 5.74) is -0.243. The molecule has 0 unspecified atom stereocenters. The Labute approximate surface area is 155 Å². The molecular weight excluding hydrogens is 407 g/mol. The maximum atomic E-state index is 14.2. The average Bonchev–Trinajstić information content (AvgIpc) is 2.60. The van der Waals surface area contributed by atoms with Crippen LogP contribution in [0, 0.1) is 5.82 Å². The summed E-state index contributed by atoms with van der Waals surface area (Å²) < 4.78 is 17.3. The van der Waals surface area contributed by atoms with Crippen molar-refractivity contribution >= 4 is 38.3 Å². The number of aryl methyl sites for hydroxylation is 2. The fourth-order valence-corrected chi connectivity index (χ4v) is 2.94. The van der Waals surface area contributed by atoms with Gasteiger partial charge in [-0.25, -0.2) is 9.37 Å². The standard InChI is InChI=1S/C17H16BrFN4O3/c1-22-14(25)8-13(21-12-4-3-10(18)7-11(12)19)15-16(22)20-9-23(17(15)26)5-2-6-24/h3-4,7-9,21,24H,2,5-6H2,1H3. The van der Waals surface area contributed by atoms with Gasteiger partial charge >= 0.3 is 0 Å². The summed E-state index contributed by atoms with van der Waals surface area (Å²) in [6.45, 7) is 0.222. The molecule has 1 aromatic carbocycles. The Morgan fingerprint density at radius 3 is 2.73 bits per heavy atom. The van der Waals surface area contributed by atoms with Gasteiger partial charge in [0.15, 0.2) is 5.65 Å². The maximum absolute atomic E-state index is 14.2. The molecule has 0 spiro atoms. The van der Waals surface area contributed by atoms with E-state index in [4.69, 9.17) is 5.11 Å². The summed E-state index contributed by atoms with van der Waals surface area (Å²) in [6.07, 6.45) is 1.73. The minimum Gasteiger partial charge on any atom is -0.396 e. The smallest absolute Gasteiger partial charge is 0.264 e. The molecule has 0 bridgehead atoms. The lowest BCUT2D eigenvalue weighted by atomic mass is 10.2. The third kappa shape index (κ3) is 3.40. The Morgan fingerprint density at radius 2 is 2.04 bits per heavy atom. The summed E-state index contributed by atoms with van der Waals surface area (Å²) in [6, 6.07) is 5.67. The number of anilines is 2. The SMILES string of the molecule is Cn1c(=O)cc(Nc2ccc(Br)cc2F)c2c(=O)n(CCCO)cnc21. The van der Waals surface area contributed by atoms with Gasteiger partial charge in [0, 0.05) is 30.7 Å². The van der Waals surface area contributed by atoms with Gasteiger partial charge in [0.2, 0.25) is 0 Å². The number of halogens is 2. The highest BCUT2D eigenvalue weighted by Crippen LogP contribution is 2.25. The van der Waals surface area contributed by atoms with Crippen LogP contribution in [0.1, 0.15) is 6.42 Å². The number of aliphatic hydroxyl groups is 1. The van der Waals surface area contributed by atoms with Crippen LogP contribution in [0.15, 0.2) is 44.7 Å². The van der Waals surface area contributed by atoms with Crippen LogP contribution in [-0.2, 0) is 13.6 Å². The number of benzene rings is 1. The van der Waals surface area contributed by atoms with Gasteiger partial charge in [0.05, 0.1) is 17.7 Å². The van der Waals surface area contributed by atoms with Crippen LogP contribution in [-0.4, -0.2) is 25.8 Å². The molecule has 0 aliphatic carbocycles. The first-order valence-corrected chi connectivity index (χ1v) is 8.64. The van der Waals surface area contributed by atoms with Crippen LogP contribution in [0.3, 0.4) is 0 Å². The summed E-state index contributed by atoms with van der Waals surface area (Å²) in [4.78, 5) is 29.2. The Bertz CT molecular complexity index is 1090. The summed E-state index contributed by atoms with van der Waals surface area (Å²) in [5, 5.41) is 12.0. The van der Waals surface area contributed by atoms with Crippen molar-refractivity contribution in [3.8, 4) is 0 Å². The van der Waals surface area contributed by atoms with Crippen molar-refractivity contribution in [2.45, 2.75) is 13.0 Å². The van der Waals surface area contributed by atoms with E-state index in [1.165, 1.54) is 40.7 Å². The van der Waals surface area contributed by atoms with Crippen molar-refractivity contribution in [1.82, 2.24) is 14.1 Å². The highest BCUT2D eigenvalue weighted by atomic mass is 79.9. The summed E-state index contributed by atoms with van der Waals surface area (Å²) >= 11 is 3.18. The fraction of sp³-hybridized carbons (Fsp3) is 0.235. The molecule has 3 rings (SSSR count). The lowest BCUT2D eigenvalue weighted by Gasteiger charge is -2.13. The number of hydrogen-bond acceptors (Lipinski definition) is 5. The number of aromatic nitrogens is 3. The number of nitrogens with zero attached hydrogens (tertiary/aromatic N) is 3. The van der Waals surface area contributed by atoms with E-state index < -0.39 is 5.82 Å². The highest BCUT2D eigenvalue weighted by Gasteiger charge is 2.15. The van der Waals surface area contributed by atoms with E-state index in [0.717, 1.165) is 0 Å². The van der Waals surface area contributed by atoms with E-state index in [1.807, 2.05) is 0 Å². The first-order chi connectivity index (χ1) is 12.4. The third-order valence-electron chi connectivity index (χ3n) is 3.96. The van der Waals surface area contributed by atoms with Crippen LogP contribution in [0.25, 0.3) is 11.0 Å². The second kappa shape index (κ2) is 7.38. The van der Waals surface area contributed by atoms with E-state index in [2.05, 4.69) is 26.2 Å². The van der Waals surface area contributed by atoms with E-state index >= 15 is 0 Å². The minimum absolute atomic E-state index is 0.0625. The maximum Gasteiger partial charge on any atom is 0.264 e. The van der Waals surface area contributed by atoms with Crippen molar-refractivity contribution in [3.63, 3.8) is 0 Å². The largest absolute Gasteiger partial charge is 0.396 e. The monoisotopic (exact) mass is 422 g/mol. The van der Waals surface area contributed by atoms with E-state index in [0.29, 0.717) is 10.9 Å². The Balaban J connectivity index is 2.21. The molecule has 26 heavy (non-hydrogen) atoms. The first-order valence-electron chi connectivity index (χ1n) is 7.84. The predicted octanol–water partition coefficient (Wildman–Crippen LogP) is 2.12. The van der Waals surface area contributed by atoms with E-state index in [-0.39, 0.29) is 46.7 Å². The number of aliphatic hydroxyl groups excluding tert-OH is 1. The minimum atomic E-state index is -0.530. The topological polar surface area (TPSA) is 89.2 Å². The van der Waals surface area contributed by atoms with E-state index in [9.17, 15) is 14.0 Å². The van der Waals surface area contributed by atoms with Crippen molar-refractivity contribution in [3.05, 3.63) is 61.6 Å². The lowest BCUT2D eigenvalue weighted by molar-refractivity contribution is 0.279. The Morgan fingerprint density at radius 1 is 1.27 bits per heavy atom. The van der Waals surface area contributed by atoms with Crippen molar-refractivity contribution in [2.75, 3.05) is 11.9 Å². The van der Waals surface area contributed by atoms with Gasteiger partial charge in [0.1, 0.15) is 11.2 Å². The van der Waals surface area contributed by atoms with Crippen LogP contribution in [0.4, 0.5) is 15.8 Å². The van der Waals surface area contributed by atoms with Crippen LogP contribution < -0.4 is 16.4 Å². The normalized spacial score (nSPS) is 11.1. The second-order valence-corrected chi connectivity index (χ2v) is 6.64. The fourth-order valence-electron chi connectivity index (χ4n) is 2.60. The molecule has 2 N–H and O–H groups in total. The zero-order valence-electron chi connectivity index (χ0n) is 13.9. The molecule has 0 amide bonds. The molecule has 2 heterocycles. The summed E-state index contributed by atoms with van der Waals surface area (Å²) in [7, 11) is 1.51. The quantitative estimate of drug-likeness (QED) is 0.657. The first kappa shape index (κ1) is 18.3. The molecule has 0 fully saturated rings. The number of hydrogen-bond donors (Lipinski definition) is 2. The van der Waals surface area contributed by atoms with Gasteiger partial charge in [-0.2, -0.15) is 0 Å².